The number of hydrogen-bond acceptors (Lipinski definition) is 3. The number of rotatable bonds is 1. The lowest BCUT2D eigenvalue weighted by Crippen LogP contribution is -2.26. The predicted molar refractivity (Wildman–Crippen MR) is 69.4 cm³/mol. The molecule has 3 heteroatoms. The summed E-state index contributed by atoms with van der Waals surface area (Å²) in [4.78, 5) is 12.0. The molecule has 1 N–H and O–H groups in total. The highest BCUT2D eigenvalue weighted by atomic mass is 16.6. The Kier molecular flexibility index (Phi) is 2.52. The number of aryl methyl sites for hydroxylation is 1. The molecule has 0 amide bonds. The van der Waals surface area contributed by atoms with E-state index in [1.807, 2.05) is 55.5 Å². The summed E-state index contributed by atoms with van der Waals surface area (Å²) >= 11 is 0. The maximum atomic E-state index is 12.0. The van der Waals surface area contributed by atoms with Crippen LogP contribution >= 0.6 is 0 Å². The van der Waals surface area contributed by atoms with Crippen molar-refractivity contribution in [2.45, 2.75) is 13.2 Å². The third kappa shape index (κ3) is 1.74. The van der Waals surface area contributed by atoms with Gasteiger partial charge in [0.25, 0.3) is 0 Å². The Morgan fingerprint density at radius 3 is 2.61 bits per heavy atom. The molecule has 3 nitrogen and oxygen atoms in total. The average Bonchev–Trinajstić information content (AvgIpc) is 2.39. The molecule has 90 valence electrons. The van der Waals surface area contributed by atoms with Crippen LogP contribution in [0.25, 0.3) is 0 Å². The Balaban J connectivity index is 2.00. The van der Waals surface area contributed by atoms with Crippen molar-refractivity contribution in [1.29, 1.82) is 0 Å². The topological polar surface area (TPSA) is 38.3 Å². The Labute approximate surface area is 105 Å². The minimum atomic E-state index is -0.409. The van der Waals surface area contributed by atoms with Crippen LogP contribution in [0.15, 0.2) is 48.5 Å². The molecule has 1 aliphatic heterocycles. The van der Waals surface area contributed by atoms with Crippen molar-refractivity contribution < 1.29 is 9.53 Å². The molecule has 0 aliphatic carbocycles. The minimum Gasteiger partial charge on any atom is -0.434 e. The number of benzene rings is 2. The van der Waals surface area contributed by atoms with Gasteiger partial charge >= 0.3 is 5.97 Å². The molecule has 0 aromatic heterocycles. The third-order valence-electron chi connectivity index (χ3n) is 3.09. The van der Waals surface area contributed by atoms with E-state index in [4.69, 9.17) is 4.74 Å². The van der Waals surface area contributed by atoms with E-state index in [1.54, 1.807) is 0 Å². The molecule has 0 saturated heterocycles. The summed E-state index contributed by atoms with van der Waals surface area (Å²) < 4.78 is 5.43. The van der Waals surface area contributed by atoms with Crippen molar-refractivity contribution in [3.8, 4) is 0 Å². The summed E-state index contributed by atoms with van der Waals surface area (Å²) in [6, 6.07) is 15.4. The van der Waals surface area contributed by atoms with Crippen molar-refractivity contribution >= 4 is 11.7 Å². The Morgan fingerprint density at radius 2 is 1.83 bits per heavy atom. The number of fused-ring (bicyclic) bond motifs is 1. The summed E-state index contributed by atoms with van der Waals surface area (Å²) in [5, 5.41) is 3.24. The fraction of sp³-hybridized carbons (Fsp3) is 0.133. The second-order valence-corrected chi connectivity index (χ2v) is 4.34. The lowest BCUT2D eigenvalue weighted by molar-refractivity contribution is 0.0329. The summed E-state index contributed by atoms with van der Waals surface area (Å²) in [6.45, 7) is 1.91. The SMILES string of the molecule is Cc1cccc2c1C(=O)OC(c1ccccc1)N2. The summed E-state index contributed by atoms with van der Waals surface area (Å²) in [7, 11) is 0. The molecule has 0 radical (unpaired) electrons. The molecule has 1 unspecified atom stereocenters. The standard InChI is InChI=1S/C15H13NO2/c1-10-6-5-9-12-13(10)15(17)18-14(16-12)11-7-3-2-4-8-11/h2-9,14,16H,1H3. The van der Waals surface area contributed by atoms with Crippen LogP contribution in [0.5, 0.6) is 0 Å². The van der Waals surface area contributed by atoms with Gasteiger partial charge in [0.2, 0.25) is 0 Å². The van der Waals surface area contributed by atoms with Crippen molar-refractivity contribution in [3.63, 3.8) is 0 Å². The van der Waals surface area contributed by atoms with E-state index in [0.717, 1.165) is 16.8 Å². The van der Waals surface area contributed by atoms with Gasteiger partial charge in [-0.3, -0.25) is 0 Å². The van der Waals surface area contributed by atoms with Crippen LogP contribution in [-0.2, 0) is 4.74 Å². The fourth-order valence-electron chi connectivity index (χ4n) is 2.17. The van der Waals surface area contributed by atoms with Crippen LogP contribution in [0.1, 0.15) is 27.7 Å². The molecule has 0 fully saturated rings. The number of carbonyl (C=O) groups excluding carboxylic acids is 1. The van der Waals surface area contributed by atoms with Gasteiger partial charge in [0, 0.05) is 5.56 Å². The minimum absolute atomic E-state index is 0.268. The van der Waals surface area contributed by atoms with E-state index < -0.39 is 6.23 Å². The van der Waals surface area contributed by atoms with Gasteiger partial charge < -0.3 is 10.1 Å². The van der Waals surface area contributed by atoms with Gasteiger partial charge in [0.05, 0.1) is 11.3 Å². The lowest BCUT2D eigenvalue weighted by Gasteiger charge is -2.27. The number of esters is 1. The fourth-order valence-corrected chi connectivity index (χ4v) is 2.17. The maximum Gasteiger partial charge on any atom is 0.342 e. The second kappa shape index (κ2) is 4.18. The first-order chi connectivity index (χ1) is 8.75. The largest absolute Gasteiger partial charge is 0.434 e. The molecular weight excluding hydrogens is 226 g/mol. The molecule has 0 saturated carbocycles. The zero-order valence-electron chi connectivity index (χ0n) is 10.0. The molecule has 0 spiro atoms. The highest BCUT2D eigenvalue weighted by molar-refractivity contribution is 5.98. The Hall–Kier alpha value is -2.29. The van der Waals surface area contributed by atoms with Gasteiger partial charge in [-0.05, 0) is 18.6 Å². The first-order valence-corrected chi connectivity index (χ1v) is 5.88. The van der Waals surface area contributed by atoms with E-state index in [0.29, 0.717) is 5.56 Å². The number of carbonyl (C=O) groups is 1. The molecule has 1 atom stereocenters. The van der Waals surface area contributed by atoms with Crippen LogP contribution in [-0.4, -0.2) is 5.97 Å². The van der Waals surface area contributed by atoms with Gasteiger partial charge in [-0.1, -0.05) is 42.5 Å². The van der Waals surface area contributed by atoms with Crippen LogP contribution in [0.4, 0.5) is 5.69 Å². The summed E-state index contributed by atoms with van der Waals surface area (Å²) in [5.41, 5.74) is 3.33. The van der Waals surface area contributed by atoms with Crippen molar-refractivity contribution in [2.24, 2.45) is 0 Å². The zero-order chi connectivity index (χ0) is 12.5. The molecule has 18 heavy (non-hydrogen) atoms. The van der Waals surface area contributed by atoms with Crippen LogP contribution < -0.4 is 5.32 Å². The van der Waals surface area contributed by atoms with Crippen LogP contribution in [0.2, 0.25) is 0 Å². The Morgan fingerprint density at radius 1 is 1.06 bits per heavy atom. The number of cyclic esters (lactones) is 1. The summed E-state index contributed by atoms with van der Waals surface area (Å²) in [6.07, 6.45) is -0.409. The van der Waals surface area contributed by atoms with E-state index in [2.05, 4.69) is 5.32 Å². The normalized spacial score (nSPS) is 17.6. The number of nitrogens with one attached hydrogen (secondary N) is 1. The van der Waals surface area contributed by atoms with Gasteiger partial charge in [-0.25, -0.2) is 4.79 Å². The first-order valence-electron chi connectivity index (χ1n) is 5.88. The molecule has 2 aromatic rings. The van der Waals surface area contributed by atoms with Gasteiger partial charge in [-0.15, -0.1) is 0 Å². The summed E-state index contributed by atoms with van der Waals surface area (Å²) in [5.74, 6) is -0.268. The highest BCUT2D eigenvalue weighted by Gasteiger charge is 2.27. The molecule has 2 aromatic carbocycles. The van der Waals surface area contributed by atoms with E-state index >= 15 is 0 Å². The van der Waals surface area contributed by atoms with Crippen molar-refractivity contribution in [1.82, 2.24) is 0 Å². The molecule has 0 bridgehead atoms. The smallest absolute Gasteiger partial charge is 0.342 e. The zero-order valence-corrected chi connectivity index (χ0v) is 10.0. The lowest BCUT2D eigenvalue weighted by atomic mass is 10.0. The second-order valence-electron chi connectivity index (χ2n) is 4.34. The third-order valence-corrected chi connectivity index (χ3v) is 3.09. The average molecular weight is 239 g/mol. The van der Waals surface area contributed by atoms with Gasteiger partial charge in [-0.2, -0.15) is 0 Å². The molecule has 3 rings (SSSR count). The van der Waals surface area contributed by atoms with Crippen LogP contribution in [0.3, 0.4) is 0 Å². The van der Waals surface area contributed by atoms with E-state index in [9.17, 15) is 4.79 Å². The molecular formula is C15H13NO2. The molecule has 1 heterocycles. The Bertz CT molecular complexity index is 593. The number of hydrogen-bond donors (Lipinski definition) is 1. The predicted octanol–water partition coefficient (Wildman–Crippen LogP) is 3.28. The van der Waals surface area contributed by atoms with Crippen molar-refractivity contribution in [3.05, 3.63) is 65.2 Å². The molecule has 1 aliphatic rings. The van der Waals surface area contributed by atoms with Gasteiger partial charge in [0.15, 0.2) is 6.23 Å². The maximum absolute atomic E-state index is 12.0. The first kappa shape index (κ1) is 10.8. The van der Waals surface area contributed by atoms with E-state index in [-0.39, 0.29) is 5.97 Å². The number of anilines is 1. The number of ether oxygens (including phenoxy) is 1. The van der Waals surface area contributed by atoms with Crippen molar-refractivity contribution in [2.75, 3.05) is 5.32 Å². The quantitative estimate of drug-likeness (QED) is 0.776. The van der Waals surface area contributed by atoms with Gasteiger partial charge in [0.1, 0.15) is 0 Å². The monoisotopic (exact) mass is 239 g/mol. The van der Waals surface area contributed by atoms with E-state index in [1.165, 1.54) is 0 Å². The van der Waals surface area contributed by atoms with Crippen LogP contribution in [0, 0.1) is 6.92 Å². The highest BCUT2D eigenvalue weighted by Crippen LogP contribution is 2.31.